The Balaban J connectivity index is 1.25. The molecule has 2 fully saturated rings. The molecule has 1 aromatic heterocycles. The summed E-state index contributed by atoms with van der Waals surface area (Å²) in [6.45, 7) is 2.97. The summed E-state index contributed by atoms with van der Waals surface area (Å²) in [5.74, 6) is 0.415. The monoisotopic (exact) mass is 438 g/mol. The normalized spacial score (nSPS) is 22.8. The Kier molecular flexibility index (Phi) is 4.86. The van der Waals surface area contributed by atoms with Crippen LogP contribution < -0.4 is 5.32 Å². The molecule has 2 atom stereocenters. The summed E-state index contributed by atoms with van der Waals surface area (Å²) in [6.07, 6.45) is 2.87. The number of hydrogen-bond acceptors (Lipinski definition) is 7. The predicted molar refractivity (Wildman–Crippen MR) is 115 cm³/mol. The first-order valence-corrected chi connectivity index (χ1v) is 11.7. The molecule has 0 bridgehead atoms. The Morgan fingerprint density at radius 1 is 1.10 bits per heavy atom. The van der Waals surface area contributed by atoms with Gasteiger partial charge in [0.05, 0.1) is 17.1 Å². The van der Waals surface area contributed by atoms with Crippen LogP contribution in [0.2, 0.25) is 0 Å². The molecule has 9 heteroatoms. The number of nitrogens with one attached hydrogen (secondary N) is 1. The lowest BCUT2D eigenvalue weighted by atomic mass is 10.1. The van der Waals surface area contributed by atoms with Crippen LogP contribution >= 0.6 is 0 Å². The Hall–Kier alpha value is -3.04. The van der Waals surface area contributed by atoms with Crippen molar-refractivity contribution in [2.45, 2.75) is 17.9 Å². The highest BCUT2D eigenvalue weighted by atomic mass is 32.2. The third kappa shape index (κ3) is 3.53. The lowest BCUT2D eigenvalue weighted by Gasteiger charge is -2.21. The summed E-state index contributed by atoms with van der Waals surface area (Å²) >= 11 is 0. The molecule has 2 unspecified atom stereocenters. The molecule has 0 spiro atoms. The number of nitrogens with zero attached hydrogens (tertiary/aromatic N) is 3. The quantitative estimate of drug-likeness (QED) is 0.590. The average molecular weight is 439 g/mol. The van der Waals surface area contributed by atoms with Gasteiger partial charge in [0.15, 0.2) is 0 Å². The lowest BCUT2D eigenvalue weighted by molar-refractivity contribution is 0.0525. The number of anilines is 1. The van der Waals surface area contributed by atoms with Crippen molar-refractivity contribution in [3.05, 3.63) is 60.4 Å². The molecule has 2 aliphatic rings. The number of esters is 1. The summed E-state index contributed by atoms with van der Waals surface area (Å²) < 4.78 is 33.0. The van der Waals surface area contributed by atoms with Crippen LogP contribution in [0.15, 0.2) is 59.8 Å². The molecule has 3 aromatic rings. The molecular weight excluding hydrogens is 416 g/mol. The minimum atomic E-state index is -3.56. The molecule has 2 heterocycles. The van der Waals surface area contributed by atoms with Gasteiger partial charge in [-0.05, 0) is 30.2 Å². The zero-order chi connectivity index (χ0) is 21.6. The minimum Gasteiger partial charge on any atom is -0.462 e. The van der Waals surface area contributed by atoms with E-state index in [0.717, 1.165) is 10.8 Å². The van der Waals surface area contributed by atoms with Gasteiger partial charge in [-0.25, -0.2) is 23.2 Å². The fourth-order valence-electron chi connectivity index (χ4n) is 4.33. The number of fused-ring (bicyclic) bond motifs is 2. The lowest BCUT2D eigenvalue weighted by Crippen LogP contribution is -2.34. The molecule has 8 nitrogen and oxygen atoms in total. The Labute approximate surface area is 180 Å². The van der Waals surface area contributed by atoms with E-state index in [-0.39, 0.29) is 17.9 Å². The summed E-state index contributed by atoms with van der Waals surface area (Å²) in [6, 6.07) is 13.0. The van der Waals surface area contributed by atoms with Gasteiger partial charge in [0, 0.05) is 36.9 Å². The molecule has 5 rings (SSSR count). The van der Waals surface area contributed by atoms with Crippen LogP contribution in [0.4, 0.5) is 5.95 Å². The molecule has 0 radical (unpaired) electrons. The average Bonchev–Trinajstić information content (AvgIpc) is 3.20. The van der Waals surface area contributed by atoms with Crippen molar-refractivity contribution in [3.63, 3.8) is 0 Å². The van der Waals surface area contributed by atoms with Crippen LogP contribution in [0.3, 0.4) is 0 Å². The van der Waals surface area contributed by atoms with Crippen molar-refractivity contribution in [1.29, 1.82) is 0 Å². The summed E-state index contributed by atoms with van der Waals surface area (Å²) in [7, 11) is -3.56. The van der Waals surface area contributed by atoms with Crippen LogP contribution in [-0.4, -0.2) is 54.4 Å². The van der Waals surface area contributed by atoms with Crippen LogP contribution in [0.25, 0.3) is 10.8 Å². The highest BCUT2D eigenvalue weighted by Gasteiger charge is 2.58. The Bertz CT molecular complexity index is 1230. The highest BCUT2D eigenvalue weighted by Crippen LogP contribution is 2.48. The SMILES string of the molecule is CCOC(=O)c1cnc(NC2C3CN(S(=O)(=O)c4cccc5ccccc45)CC32)nc1. The molecule has 1 saturated carbocycles. The predicted octanol–water partition coefficient (Wildman–Crippen LogP) is 2.54. The fraction of sp³-hybridized carbons (Fsp3) is 0.318. The second kappa shape index (κ2) is 7.58. The van der Waals surface area contributed by atoms with Gasteiger partial charge >= 0.3 is 5.97 Å². The number of benzene rings is 2. The smallest absolute Gasteiger partial charge is 0.341 e. The molecule has 1 N–H and O–H groups in total. The molecule has 1 saturated heterocycles. The molecular formula is C22H22N4O4S. The van der Waals surface area contributed by atoms with Crippen molar-refractivity contribution in [2.75, 3.05) is 25.0 Å². The first-order valence-electron chi connectivity index (χ1n) is 10.2. The van der Waals surface area contributed by atoms with Crippen molar-refractivity contribution < 1.29 is 17.9 Å². The maximum Gasteiger partial charge on any atom is 0.341 e. The Morgan fingerprint density at radius 2 is 1.77 bits per heavy atom. The van der Waals surface area contributed by atoms with Crippen LogP contribution in [-0.2, 0) is 14.8 Å². The largest absolute Gasteiger partial charge is 0.462 e. The second-order valence-corrected chi connectivity index (χ2v) is 9.72. The number of rotatable bonds is 6. The van der Waals surface area contributed by atoms with Crippen molar-refractivity contribution in [3.8, 4) is 0 Å². The minimum absolute atomic E-state index is 0.132. The van der Waals surface area contributed by atoms with E-state index in [9.17, 15) is 13.2 Å². The van der Waals surface area contributed by atoms with E-state index in [2.05, 4.69) is 15.3 Å². The van der Waals surface area contributed by atoms with Gasteiger partial charge in [0.2, 0.25) is 16.0 Å². The maximum absolute atomic E-state index is 13.3. The summed E-state index contributed by atoms with van der Waals surface area (Å²) in [4.78, 5) is 20.4. The zero-order valence-corrected chi connectivity index (χ0v) is 17.7. The summed E-state index contributed by atoms with van der Waals surface area (Å²) in [5.41, 5.74) is 0.302. The number of sulfonamides is 1. The van der Waals surface area contributed by atoms with Gasteiger partial charge in [0.25, 0.3) is 0 Å². The maximum atomic E-state index is 13.3. The zero-order valence-electron chi connectivity index (χ0n) is 16.9. The van der Waals surface area contributed by atoms with E-state index in [1.54, 1.807) is 23.4 Å². The van der Waals surface area contributed by atoms with Gasteiger partial charge in [-0.2, -0.15) is 4.31 Å². The number of ether oxygens (including phenoxy) is 1. The number of aromatic nitrogens is 2. The molecule has 160 valence electrons. The Morgan fingerprint density at radius 3 is 2.48 bits per heavy atom. The first-order chi connectivity index (χ1) is 15.0. The van der Waals surface area contributed by atoms with E-state index in [0.29, 0.717) is 36.1 Å². The fourth-order valence-corrected chi connectivity index (χ4v) is 6.06. The van der Waals surface area contributed by atoms with Crippen LogP contribution in [0.1, 0.15) is 17.3 Å². The molecule has 31 heavy (non-hydrogen) atoms. The van der Waals surface area contributed by atoms with E-state index in [4.69, 9.17) is 4.74 Å². The number of hydrogen-bond donors (Lipinski definition) is 1. The van der Waals surface area contributed by atoms with Crippen molar-refractivity contribution in [2.24, 2.45) is 11.8 Å². The highest BCUT2D eigenvalue weighted by molar-refractivity contribution is 7.89. The molecule has 2 aromatic carbocycles. The third-order valence-corrected chi connectivity index (χ3v) is 7.88. The van der Waals surface area contributed by atoms with Crippen LogP contribution in [0, 0.1) is 11.8 Å². The van der Waals surface area contributed by atoms with E-state index in [1.165, 1.54) is 12.4 Å². The van der Waals surface area contributed by atoms with Crippen LogP contribution in [0.5, 0.6) is 0 Å². The molecule has 1 aliphatic carbocycles. The van der Waals surface area contributed by atoms with E-state index in [1.807, 2.05) is 30.3 Å². The third-order valence-electron chi connectivity index (χ3n) is 5.99. The second-order valence-electron chi connectivity index (χ2n) is 7.81. The van der Waals surface area contributed by atoms with Gasteiger partial charge in [-0.3, -0.25) is 0 Å². The topological polar surface area (TPSA) is 101 Å². The molecule has 0 amide bonds. The molecule has 1 aliphatic heterocycles. The van der Waals surface area contributed by atoms with Gasteiger partial charge in [-0.15, -0.1) is 0 Å². The number of carbonyl (C=O) groups is 1. The summed E-state index contributed by atoms with van der Waals surface area (Å²) in [5, 5.41) is 4.92. The van der Waals surface area contributed by atoms with Crippen molar-refractivity contribution in [1.82, 2.24) is 14.3 Å². The first kappa shape index (κ1) is 19.9. The standard InChI is InChI=1S/C22H22N4O4S/c1-2-30-21(27)15-10-23-22(24-11-15)25-20-17-12-26(13-18(17)20)31(28,29)19-9-5-7-14-6-3-4-8-16(14)19/h3-11,17-18,20H,2,12-13H2,1H3,(H,23,24,25). The number of piperidine rings is 1. The number of carbonyl (C=O) groups excluding carboxylic acids is 1. The van der Waals surface area contributed by atoms with E-state index >= 15 is 0 Å². The van der Waals surface area contributed by atoms with Gasteiger partial charge in [-0.1, -0.05) is 36.4 Å². The van der Waals surface area contributed by atoms with Crippen molar-refractivity contribution >= 4 is 32.7 Å². The van der Waals surface area contributed by atoms with Gasteiger partial charge in [0.1, 0.15) is 0 Å². The van der Waals surface area contributed by atoms with E-state index < -0.39 is 16.0 Å². The van der Waals surface area contributed by atoms with Gasteiger partial charge < -0.3 is 10.1 Å².